The maximum atomic E-state index is 4.26. The van der Waals surface area contributed by atoms with Crippen LogP contribution in [0.25, 0.3) is 0 Å². The van der Waals surface area contributed by atoms with Crippen LogP contribution in [-0.2, 0) is 0 Å². The molecule has 0 fully saturated rings. The molecule has 1 N–H and O–H groups in total. The minimum atomic E-state index is 0.226. The summed E-state index contributed by atoms with van der Waals surface area (Å²) >= 11 is 0. The summed E-state index contributed by atoms with van der Waals surface area (Å²) in [5.74, 6) is 0.884. The summed E-state index contributed by atoms with van der Waals surface area (Å²) in [5.41, 5.74) is 1.17. The summed E-state index contributed by atoms with van der Waals surface area (Å²) in [5, 5.41) is 3.38. The Labute approximate surface area is 86.0 Å². The molecule has 1 aromatic heterocycles. The fourth-order valence-electron chi connectivity index (χ4n) is 0.971. The monoisotopic (exact) mass is 193 g/mol. The number of nitrogens with one attached hydrogen (secondary N) is 1. The molecular weight excluding hydrogens is 174 g/mol. The first kappa shape index (κ1) is 11.0. The van der Waals surface area contributed by atoms with Crippen molar-refractivity contribution in [1.29, 1.82) is 0 Å². The zero-order chi connectivity index (χ0) is 10.8. The highest BCUT2D eigenvalue weighted by molar-refractivity contribution is 5.39. The predicted octanol–water partition coefficient (Wildman–Crippen LogP) is 2.63. The van der Waals surface area contributed by atoms with E-state index in [1.54, 1.807) is 12.4 Å². The lowest BCUT2D eigenvalue weighted by atomic mass is 9.88. The molecule has 0 radical (unpaired) electrons. The molecule has 0 aliphatic heterocycles. The molecule has 3 heteroatoms. The number of hydrogen-bond acceptors (Lipinski definition) is 3. The van der Waals surface area contributed by atoms with Crippen molar-refractivity contribution >= 4 is 5.82 Å². The molecule has 1 unspecified atom stereocenters. The van der Waals surface area contributed by atoms with Gasteiger partial charge in [0.25, 0.3) is 0 Å². The van der Waals surface area contributed by atoms with Crippen molar-refractivity contribution in [2.45, 2.75) is 40.7 Å². The molecule has 1 rings (SSSR count). The second kappa shape index (κ2) is 3.95. The number of aromatic nitrogens is 2. The van der Waals surface area contributed by atoms with Gasteiger partial charge in [0.15, 0.2) is 0 Å². The van der Waals surface area contributed by atoms with Crippen LogP contribution in [0.15, 0.2) is 12.4 Å². The average molecular weight is 193 g/mol. The Hall–Kier alpha value is -1.12. The van der Waals surface area contributed by atoms with Crippen LogP contribution in [0.3, 0.4) is 0 Å². The zero-order valence-corrected chi connectivity index (χ0v) is 9.63. The maximum absolute atomic E-state index is 4.26. The van der Waals surface area contributed by atoms with Gasteiger partial charge in [0.1, 0.15) is 5.82 Å². The van der Waals surface area contributed by atoms with Gasteiger partial charge >= 0.3 is 0 Å². The third-order valence-corrected chi connectivity index (χ3v) is 2.53. The molecule has 1 atom stereocenters. The first-order valence-electron chi connectivity index (χ1n) is 4.95. The minimum Gasteiger partial charge on any atom is -0.366 e. The molecule has 14 heavy (non-hydrogen) atoms. The molecule has 0 bridgehead atoms. The van der Waals surface area contributed by atoms with E-state index in [-0.39, 0.29) is 5.41 Å². The number of rotatable bonds is 2. The van der Waals surface area contributed by atoms with E-state index in [0.717, 1.165) is 11.5 Å². The summed E-state index contributed by atoms with van der Waals surface area (Å²) < 4.78 is 0. The van der Waals surface area contributed by atoms with Gasteiger partial charge in [0.2, 0.25) is 0 Å². The van der Waals surface area contributed by atoms with Crippen LogP contribution in [0, 0.1) is 12.3 Å². The SMILES string of the molecule is Cc1nccnc1NC(C)C(C)(C)C. The van der Waals surface area contributed by atoms with Gasteiger partial charge in [-0.25, -0.2) is 4.98 Å². The van der Waals surface area contributed by atoms with E-state index < -0.39 is 0 Å². The average Bonchev–Trinajstić information content (AvgIpc) is 2.07. The summed E-state index contributed by atoms with van der Waals surface area (Å²) in [6, 6.07) is 0.373. The third-order valence-electron chi connectivity index (χ3n) is 2.53. The largest absolute Gasteiger partial charge is 0.366 e. The van der Waals surface area contributed by atoms with Gasteiger partial charge in [-0.15, -0.1) is 0 Å². The smallest absolute Gasteiger partial charge is 0.147 e. The van der Waals surface area contributed by atoms with E-state index in [2.05, 4.69) is 43.0 Å². The Kier molecular flexibility index (Phi) is 3.09. The van der Waals surface area contributed by atoms with Crippen LogP contribution in [0.4, 0.5) is 5.82 Å². The molecule has 0 aromatic carbocycles. The Bertz CT molecular complexity index is 302. The normalized spacial score (nSPS) is 13.8. The maximum Gasteiger partial charge on any atom is 0.147 e. The summed E-state index contributed by atoms with van der Waals surface area (Å²) in [7, 11) is 0. The molecule has 0 spiro atoms. The molecule has 0 aliphatic rings. The second-order valence-electron chi connectivity index (χ2n) is 4.72. The Morgan fingerprint density at radius 3 is 2.29 bits per heavy atom. The quantitative estimate of drug-likeness (QED) is 0.784. The van der Waals surface area contributed by atoms with Gasteiger partial charge < -0.3 is 5.32 Å². The standard InChI is InChI=1S/C11H19N3/c1-8-10(13-7-6-12-8)14-9(2)11(3,4)5/h6-7,9H,1-5H3,(H,13,14). The van der Waals surface area contributed by atoms with Crippen molar-refractivity contribution in [3.8, 4) is 0 Å². The lowest BCUT2D eigenvalue weighted by Crippen LogP contribution is -2.31. The molecule has 0 saturated heterocycles. The summed E-state index contributed by atoms with van der Waals surface area (Å²) in [4.78, 5) is 8.45. The molecule has 78 valence electrons. The molecule has 3 nitrogen and oxygen atoms in total. The Morgan fingerprint density at radius 2 is 1.79 bits per heavy atom. The van der Waals surface area contributed by atoms with Crippen molar-refractivity contribution in [3.63, 3.8) is 0 Å². The molecule has 1 aromatic rings. The van der Waals surface area contributed by atoms with Gasteiger partial charge in [0, 0.05) is 18.4 Å². The number of hydrogen-bond donors (Lipinski definition) is 1. The van der Waals surface area contributed by atoms with E-state index in [0.29, 0.717) is 6.04 Å². The lowest BCUT2D eigenvalue weighted by molar-refractivity contribution is 0.358. The summed E-state index contributed by atoms with van der Waals surface area (Å²) in [6.45, 7) is 10.7. The van der Waals surface area contributed by atoms with Crippen LogP contribution in [0.5, 0.6) is 0 Å². The van der Waals surface area contributed by atoms with E-state index in [4.69, 9.17) is 0 Å². The van der Waals surface area contributed by atoms with Crippen LogP contribution in [0.2, 0.25) is 0 Å². The molecule has 0 saturated carbocycles. The zero-order valence-electron chi connectivity index (χ0n) is 9.63. The van der Waals surface area contributed by atoms with Crippen molar-refractivity contribution in [1.82, 2.24) is 9.97 Å². The Morgan fingerprint density at radius 1 is 1.21 bits per heavy atom. The van der Waals surface area contributed by atoms with Gasteiger partial charge in [-0.1, -0.05) is 20.8 Å². The topological polar surface area (TPSA) is 37.8 Å². The van der Waals surface area contributed by atoms with Gasteiger partial charge in [-0.2, -0.15) is 0 Å². The van der Waals surface area contributed by atoms with Crippen LogP contribution in [0.1, 0.15) is 33.4 Å². The number of nitrogens with zero attached hydrogens (tertiary/aromatic N) is 2. The number of aryl methyl sites for hydroxylation is 1. The van der Waals surface area contributed by atoms with Gasteiger partial charge in [-0.05, 0) is 19.3 Å². The number of anilines is 1. The molecule has 0 amide bonds. The highest BCUT2D eigenvalue weighted by Gasteiger charge is 2.20. The minimum absolute atomic E-state index is 0.226. The van der Waals surface area contributed by atoms with Crippen molar-refractivity contribution in [2.24, 2.45) is 5.41 Å². The van der Waals surface area contributed by atoms with Crippen molar-refractivity contribution in [3.05, 3.63) is 18.1 Å². The molecular formula is C11H19N3. The van der Waals surface area contributed by atoms with Crippen LogP contribution in [-0.4, -0.2) is 16.0 Å². The van der Waals surface area contributed by atoms with Crippen LogP contribution >= 0.6 is 0 Å². The van der Waals surface area contributed by atoms with E-state index in [9.17, 15) is 0 Å². The van der Waals surface area contributed by atoms with Crippen molar-refractivity contribution < 1.29 is 0 Å². The first-order chi connectivity index (χ1) is 6.41. The van der Waals surface area contributed by atoms with Crippen LogP contribution < -0.4 is 5.32 Å². The molecule has 1 heterocycles. The Balaban J connectivity index is 2.75. The van der Waals surface area contributed by atoms with Gasteiger partial charge in [-0.3, -0.25) is 4.98 Å². The molecule has 0 aliphatic carbocycles. The van der Waals surface area contributed by atoms with E-state index in [1.165, 1.54) is 0 Å². The highest BCUT2D eigenvalue weighted by atomic mass is 15.0. The van der Waals surface area contributed by atoms with E-state index in [1.807, 2.05) is 6.92 Å². The van der Waals surface area contributed by atoms with Gasteiger partial charge in [0.05, 0.1) is 5.69 Å². The summed E-state index contributed by atoms with van der Waals surface area (Å²) in [6.07, 6.45) is 3.42. The second-order valence-corrected chi connectivity index (χ2v) is 4.72. The predicted molar refractivity (Wildman–Crippen MR) is 59.3 cm³/mol. The lowest BCUT2D eigenvalue weighted by Gasteiger charge is -2.28. The fourth-order valence-corrected chi connectivity index (χ4v) is 0.971. The third kappa shape index (κ3) is 2.69. The first-order valence-corrected chi connectivity index (χ1v) is 4.95. The van der Waals surface area contributed by atoms with E-state index >= 15 is 0 Å². The highest BCUT2D eigenvalue weighted by Crippen LogP contribution is 2.22. The fraction of sp³-hybridized carbons (Fsp3) is 0.636. The van der Waals surface area contributed by atoms with Crippen molar-refractivity contribution in [2.75, 3.05) is 5.32 Å².